The summed E-state index contributed by atoms with van der Waals surface area (Å²) in [6.45, 7) is 12.1. The highest BCUT2D eigenvalue weighted by Crippen LogP contribution is 2.24. The molecule has 0 amide bonds. The number of hydrogen-bond donors (Lipinski definition) is 0. The Morgan fingerprint density at radius 3 is 1.63 bits per heavy atom. The van der Waals surface area contributed by atoms with Crippen molar-refractivity contribution in [1.29, 1.82) is 0 Å². The van der Waals surface area contributed by atoms with Crippen LogP contribution in [0, 0.1) is 0 Å². The summed E-state index contributed by atoms with van der Waals surface area (Å²) in [5.41, 5.74) is 0. The zero-order valence-electron chi connectivity index (χ0n) is 11.7. The van der Waals surface area contributed by atoms with E-state index in [9.17, 15) is 0 Å². The molecule has 0 atom stereocenters. The summed E-state index contributed by atoms with van der Waals surface area (Å²) in [5, 5.41) is 0. The third-order valence-electron chi connectivity index (χ3n) is 2.42. The first-order valence-corrected chi connectivity index (χ1v) is 7.34. The van der Waals surface area contributed by atoms with Crippen LogP contribution >= 0.6 is 0 Å². The Morgan fingerprint density at radius 1 is 0.789 bits per heavy atom. The van der Waals surface area contributed by atoms with E-state index in [1.54, 1.807) is 18.2 Å². The van der Waals surface area contributed by atoms with Gasteiger partial charge in [-0.05, 0) is 6.42 Å². The van der Waals surface area contributed by atoms with Crippen LogP contribution in [-0.4, -0.2) is 36.0 Å². The fourth-order valence-corrected chi connectivity index (χ4v) is 1.79. The molecule has 107 valence electrons. The lowest BCUT2D eigenvalue weighted by atomic mass is 10.2. The minimum Gasteiger partial charge on any atom is -0.323 e. The van der Waals surface area contributed by atoms with Gasteiger partial charge in [0.25, 0.3) is 5.97 Å². The molecule has 0 rings (SSSR count). The quantitative estimate of drug-likeness (QED) is 0.211. The number of rotatable bonds is 14. The molecule has 0 aliphatic rings. The van der Waals surface area contributed by atoms with Crippen LogP contribution in [-0.2, 0) is 14.2 Å². The van der Waals surface area contributed by atoms with Gasteiger partial charge in [-0.25, -0.2) is 0 Å². The van der Waals surface area contributed by atoms with Gasteiger partial charge in [0.2, 0.25) is 0 Å². The van der Waals surface area contributed by atoms with Crippen LogP contribution in [0.4, 0.5) is 0 Å². The van der Waals surface area contributed by atoms with Crippen LogP contribution in [0.2, 0.25) is 6.04 Å². The highest BCUT2D eigenvalue weighted by Gasteiger charge is 2.32. The van der Waals surface area contributed by atoms with Crippen molar-refractivity contribution in [2.45, 2.75) is 37.7 Å². The van der Waals surface area contributed by atoms with Crippen LogP contribution in [0.25, 0.3) is 0 Å². The minimum atomic E-state index is -1.03. The van der Waals surface area contributed by atoms with Crippen LogP contribution in [0.1, 0.15) is 25.7 Å². The number of hydrogen-bond acceptors (Lipinski definition) is 3. The second-order valence-electron chi connectivity index (χ2n) is 4.04. The van der Waals surface area contributed by atoms with E-state index in [0.29, 0.717) is 26.2 Å². The topological polar surface area (TPSA) is 27.7 Å². The van der Waals surface area contributed by atoms with E-state index in [-0.39, 0.29) is 0 Å². The predicted molar refractivity (Wildman–Crippen MR) is 80.2 cm³/mol. The Morgan fingerprint density at radius 2 is 1.26 bits per heavy atom. The Balaban J connectivity index is 4.50. The van der Waals surface area contributed by atoms with Crippen molar-refractivity contribution < 1.29 is 14.2 Å². The van der Waals surface area contributed by atoms with Crippen molar-refractivity contribution in [3.8, 4) is 0 Å². The molecule has 19 heavy (non-hydrogen) atoms. The lowest BCUT2D eigenvalue weighted by Gasteiger charge is -2.32. The van der Waals surface area contributed by atoms with Gasteiger partial charge < -0.3 is 14.2 Å². The normalized spacial score (nSPS) is 11.2. The molecule has 3 radical (unpaired) electrons. The lowest BCUT2D eigenvalue weighted by Crippen LogP contribution is -2.39. The van der Waals surface area contributed by atoms with E-state index < -0.39 is 5.97 Å². The smallest absolute Gasteiger partial charge is 0.283 e. The molecule has 4 heteroatoms. The van der Waals surface area contributed by atoms with E-state index in [4.69, 9.17) is 14.2 Å². The summed E-state index contributed by atoms with van der Waals surface area (Å²) in [7, 11) is 3.47. The third kappa shape index (κ3) is 8.94. The molecule has 0 aromatic carbocycles. The molecule has 0 aromatic heterocycles. The standard InChI is InChI=1S/C15H25O3Si/c1-4-11-16-15(17-12-5-2,18-13-6-3)10-8-7-9-14-19/h4-6H,1-3,7-14H2. The average Bonchev–Trinajstić information content (AvgIpc) is 2.44. The Kier molecular flexibility index (Phi) is 11.9. The number of ether oxygens (including phenoxy) is 3. The molecule has 0 bridgehead atoms. The SMILES string of the molecule is C=CCOC(CCCCC[Si])(OCC=C)OCC=C. The average molecular weight is 281 g/mol. The van der Waals surface area contributed by atoms with Crippen molar-refractivity contribution in [1.82, 2.24) is 0 Å². The molecule has 0 aliphatic carbocycles. The maximum atomic E-state index is 5.69. The van der Waals surface area contributed by atoms with Gasteiger partial charge >= 0.3 is 0 Å². The van der Waals surface area contributed by atoms with Crippen molar-refractivity contribution in [3.05, 3.63) is 38.0 Å². The van der Waals surface area contributed by atoms with Crippen molar-refractivity contribution in [2.24, 2.45) is 0 Å². The molecule has 0 saturated carbocycles. The first-order valence-electron chi connectivity index (χ1n) is 6.63. The Hall–Kier alpha value is -0.683. The third-order valence-corrected chi connectivity index (χ3v) is 2.78. The van der Waals surface area contributed by atoms with Crippen LogP contribution in [0.5, 0.6) is 0 Å². The van der Waals surface area contributed by atoms with Crippen molar-refractivity contribution in [3.63, 3.8) is 0 Å². The maximum Gasteiger partial charge on any atom is 0.283 e. The van der Waals surface area contributed by atoms with E-state index in [2.05, 4.69) is 30.0 Å². The first-order chi connectivity index (χ1) is 9.24. The zero-order valence-corrected chi connectivity index (χ0v) is 12.7. The molecule has 0 fully saturated rings. The van der Waals surface area contributed by atoms with Crippen molar-refractivity contribution >= 4 is 10.2 Å². The molecule has 0 N–H and O–H groups in total. The Bertz CT molecular complexity index is 222. The van der Waals surface area contributed by atoms with E-state index in [0.717, 1.165) is 25.3 Å². The van der Waals surface area contributed by atoms with E-state index >= 15 is 0 Å². The van der Waals surface area contributed by atoms with Gasteiger partial charge in [0.1, 0.15) is 0 Å². The second-order valence-corrected chi connectivity index (χ2v) is 4.54. The van der Waals surface area contributed by atoms with Gasteiger partial charge in [-0.3, -0.25) is 0 Å². The van der Waals surface area contributed by atoms with Crippen LogP contribution < -0.4 is 0 Å². The molecule has 0 saturated heterocycles. The van der Waals surface area contributed by atoms with Crippen molar-refractivity contribution in [2.75, 3.05) is 19.8 Å². The largest absolute Gasteiger partial charge is 0.323 e. The maximum absolute atomic E-state index is 5.69. The summed E-state index contributed by atoms with van der Waals surface area (Å²) in [6.07, 6.45) is 8.91. The van der Waals surface area contributed by atoms with Gasteiger partial charge in [0, 0.05) is 16.7 Å². The second kappa shape index (κ2) is 12.4. The fourth-order valence-electron chi connectivity index (χ4n) is 1.54. The van der Waals surface area contributed by atoms with Gasteiger partial charge in [-0.1, -0.05) is 37.1 Å². The summed E-state index contributed by atoms with van der Waals surface area (Å²) in [6, 6.07) is 1.00. The van der Waals surface area contributed by atoms with Gasteiger partial charge in [0.15, 0.2) is 0 Å². The highest BCUT2D eigenvalue weighted by molar-refractivity contribution is 6.08. The molecule has 3 nitrogen and oxygen atoms in total. The summed E-state index contributed by atoms with van der Waals surface area (Å²) in [5.74, 6) is -1.03. The molecule has 0 spiro atoms. The molecular weight excluding hydrogens is 256 g/mol. The summed E-state index contributed by atoms with van der Waals surface area (Å²) < 4.78 is 17.1. The monoisotopic (exact) mass is 281 g/mol. The van der Waals surface area contributed by atoms with Crippen LogP contribution in [0.15, 0.2) is 38.0 Å². The predicted octanol–water partition coefficient (Wildman–Crippen LogP) is 3.40. The fraction of sp³-hybridized carbons (Fsp3) is 0.600. The van der Waals surface area contributed by atoms with E-state index in [1.807, 2.05) is 0 Å². The lowest BCUT2D eigenvalue weighted by molar-refractivity contribution is -0.373. The molecule has 0 aromatic rings. The van der Waals surface area contributed by atoms with Gasteiger partial charge in [-0.2, -0.15) is 0 Å². The van der Waals surface area contributed by atoms with Crippen LogP contribution in [0.3, 0.4) is 0 Å². The molecule has 0 unspecified atom stereocenters. The molecule has 0 aliphatic heterocycles. The molecular formula is C15H25O3Si. The first kappa shape index (κ1) is 18.3. The minimum absolute atomic E-state index is 0.381. The van der Waals surface area contributed by atoms with Gasteiger partial charge in [-0.15, -0.1) is 19.7 Å². The number of unbranched alkanes of at least 4 members (excludes halogenated alkanes) is 2. The Labute approximate surface area is 120 Å². The molecule has 0 heterocycles. The summed E-state index contributed by atoms with van der Waals surface area (Å²) >= 11 is 0. The summed E-state index contributed by atoms with van der Waals surface area (Å²) in [4.78, 5) is 0. The van der Waals surface area contributed by atoms with Gasteiger partial charge in [0.05, 0.1) is 19.8 Å². The zero-order chi connectivity index (χ0) is 14.4. The highest BCUT2D eigenvalue weighted by atomic mass is 28.1. The van der Waals surface area contributed by atoms with E-state index in [1.165, 1.54) is 0 Å².